The topological polar surface area (TPSA) is 179 Å². The molecule has 0 bridgehead atoms. The normalized spacial score (nSPS) is 17.7. The molecule has 14 nitrogen and oxygen atoms in total. The number of oxime groups is 1. The van der Waals surface area contributed by atoms with Crippen molar-refractivity contribution in [1.29, 1.82) is 0 Å². The van der Waals surface area contributed by atoms with Crippen molar-refractivity contribution in [3.05, 3.63) is 23.0 Å². The third-order valence-electron chi connectivity index (χ3n) is 3.97. The summed E-state index contributed by atoms with van der Waals surface area (Å²) in [4.78, 5) is 56.8. The maximum absolute atomic E-state index is 12.8. The van der Waals surface area contributed by atoms with Crippen LogP contribution in [0.4, 0.5) is 5.13 Å². The number of esters is 1. The first-order valence-electron chi connectivity index (χ1n) is 9.01. The summed E-state index contributed by atoms with van der Waals surface area (Å²) in [5, 5.41) is 20.4. The van der Waals surface area contributed by atoms with Gasteiger partial charge in [-0.15, -0.1) is 28.0 Å². The van der Waals surface area contributed by atoms with Crippen LogP contribution in [0.2, 0.25) is 0 Å². The van der Waals surface area contributed by atoms with Crippen LogP contribution in [-0.4, -0.2) is 75.0 Å². The lowest BCUT2D eigenvalue weighted by Crippen LogP contribution is -2.66. The van der Waals surface area contributed by atoms with E-state index in [9.17, 15) is 19.2 Å². The van der Waals surface area contributed by atoms with E-state index < -0.39 is 35.9 Å². The predicted molar refractivity (Wildman–Crippen MR) is 110 cm³/mol. The Balaban J connectivity index is 1.72. The molecule has 3 N–H and O–H groups in total. The summed E-state index contributed by atoms with van der Waals surface area (Å²) in [5.41, 5.74) is -0.158. The second-order valence-electron chi connectivity index (χ2n) is 6.05. The summed E-state index contributed by atoms with van der Waals surface area (Å²) in [5.74, 6) is -2.64. The van der Waals surface area contributed by atoms with Crippen LogP contribution < -0.4 is 16.0 Å². The summed E-state index contributed by atoms with van der Waals surface area (Å²) in [6.07, 6.45) is 0.498. The maximum atomic E-state index is 12.8. The van der Waals surface area contributed by atoms with Crippen LogP contribution in [0, 0.1) is 0 Å². The molecule has 1 saturated heterocycles. The minimum atomic E-state index is -1.03. The highest BCUT2D eigenvalue weighted by molar-refractivity contribution is 7.14. The Morgan fingerprint density at radius 3 is 2.81 bits per heavy atom. The molecular formula is C16H17ClN8O6S. The molecule has 0 radical (unpaired) electrons. The Kier molecular flexibility index (Phi) is 7.32. The zero-order valence-electron chi connectivity index (χ0n) is 16.7. The minimum Gasteiger partial charge on any atom is -0.461 e. The summed E-state index contributed by atoms with van der Waals surface area (Å²) in [6, 6.07) is -1.03. The van der Waals surface area contributed by atoms with E-state index in [1.807, 2.05) is 0 Å². The summed E-state index contributed by atoms with van der Waals surface area (Å²) in [7, 11) is 1.24. The van der Waals surface area contributed by atoms with Gasteiger partial charge in [-0.25, -0.2) is 14.5 Å². The number of rotatable bonds is 9. The van der Waals surface area contributed by atoms with Crippen molar-refractivity contribution < 1.29 is 28.8 Å². The van der Waals surface area contributed by atoms with Gasteiger partial charge in [0.1, 0.15) is 24.7 Å². The van der Waals surface area contributed by atoms with E-state index in [0.29, 0.717) is 0 Å². The van der Waals surface area contributed by atoms with E-state index in [0.717, 1.165) is 11.3 Å². The smallest absolute Gasteiger partial charge is 0.360 e. The molecule has 0 aromatic carbocycles. The van der Waals surface area contributed by atoms with Crippen LogP contribution in [0.3, 0.4) is 0 Å². The van der Waals surface area contributed by atoms with E-state index >= 15 is 0 Å². The molecule has 1 fully saturated rings. The van der Waals surface area contributed by atoms with Gasteiger partial charge in [0.25, 0.3) is 5.91 Å². The van der Waals surface area contributed by atoms with Gasteiger partial charge in [0.05, 0.1) is 12.8 Å². The fourth-order valence-corrected chi connectivity index (χ4v) is 3.32. The largest absolute Gasteiger partial charge is 0.461 e. The van der Waals surface area contributed by atoms with Crippen LogP contribution in [0.5, 0.6) is 0 Å². The molecule has 1 aliphatic heterocycles. The third kappa shape index (κ3) is 5.00. The number of aromatic nitrogens is 4. The van der Waals surface area contributed by atoms with E-state index in [1.165, 1.54) is 23.4 Å². The second-order valence-corrected chi connectivity index (χ2v) is 7.18. The fourth-order valence-electron chi connectivity index (χ4n) is 2.54. The average molecular weight is 485 g/mol. The molecule has 3 amide bonds. The Labute approximate surface area is 189 Å². The fraction of sp³-hybridized carbons (Fsp3) is 0.375. The van der Waals surface area contributed by atoms with Gasteiger partial charge in [-0.1, -0.05) is 10.4 Å². The van der Waals surface area contributed by atoms with Crippen molar-refractivity contribution >= 4 is 57.5 Å². The number of carbonyl (C=O) groups excluding carboxylic acids is 4. The highest BCUT2D eigenvalue weighted by Gasteiger charge is 2.43. The first kappa shape index (κ1) is 23.1. The number of anilines is 1. The third-order valence-corrected chi connectivity index (χ3v) is 4.97. The minimum absolute atomic E-state index is 0.0475. The monoisotopic (exact) mass is 484 g/mol. The SMILES string of the molecule is CCOC(=O)c1cn([C@@H]2NC(=O)[C@H]2NC(=O)C(=NOC)c2csc(NC(=O)CCl)n2)nn1. The molecule has 3 heterocycles. The molecule has 170 valence electrons. The van der Waals surface area contributed by atoms with E-state index in [4.69, 9.17) is 21.2 Å². The standard InChI is InChI=1S/C16H17ClN8O6S/c1-3-31-15(29)7-5-25(24-22-7)12-11(14(28)21-12)20-13(27)10(23-30-2)8-6-32-16(18-8)19-9(26)4-17/h5-6,11-12H,3-4H2,1-2H3,(H,20,27)(H,21,28)(H,18,19,26)/t11-,12-/m0/s1. The molecule has 0 spiro atoms. The maximum Gasteiger partial charge on any atom is 0.360 e. The van der Waals surface area contributed by atoms with Crippen molar-refractivity contribution in [2.75, 3.05) is 24.9 Å². The lowest BCUT2D eigenvalue weighted by Gasteiger charge is -2.36. The Morgan fingerprint density at radius 1 is 1.38 bits per heavy atom. The summed E-state index contributed by atoms with van der Waals surface area (Å²) >= 11 is 6.49. The number of β-lactam (4-membered cyclic amide) rings is 1. The predicted octanol–water partition coefficient (Wildman–Crippen LogP) is -0.747. The zero-order valence-corrected chi connectivity index (χ0v) is 18.3. The lowest BCUT2D eigenvalue weighted by atomic mass is 10.1. The van der Waals surface area contributed by atoms with Crippen molar-refractivity contribution in [1.82, 2.24) is 30.6 Å². The van der Waals surface area contributed by atoms with Gasteiger partial charge in [0.2, 0.25) is 11.8 Å². The van der Waals surface area contributed by atoms with Gasteiger partial charge < -0.3 is 25.5 Å². The number of nitrogens with one attached hydrogen (secondary N) is 3. The molecular weight excluding hydrogens is 468 g/mol. The summed E-state index contributed by atoms with van der Waals surface area (Å²) < 4.78 is 6.06. The molecule has 0 saturated carbocycles. The van der Waals surface area contributed by atoms with Crippen molar-refractivity contribution in [2.24, 2.45) is 5.16 Å². The number of nitrogens with zero attached hydrogens (tertiary/aromatic N) is 5. The van der Waals surface area contributed by atoms with Gasteiger partial charge in [-0.2, -0.15) is 0 Å². The van der Waals surface area contributed by atoms with Crippen molar-refractivity contribution in [2.45, 2.75) is 19.1 Å². The molecule has 0 aliphatic carbocycles. The first-order chi connectivity index (χ1) is 15.4. The van der Waals surface area contributed by atoms with Gasteiger partial charge >= 0.3 is 5.97 Å². The molecule has 32 heavy (non-hydrogen) atoms. The number of hydrogen-bond acceptors (Lipinski definition) is 11. The van der Waals surface area contributed by atoms with Crippen LogP contribution in [0.25, 0.3) is 0 Å². The number of hydrogen-bond donors (Lipinski definition) is 3. The van der Waals surface area contributed by atoms with Gasteiger partial charge in [-0.05, 0) is 6.92 Å². The van der Waals surface area contributed by atoms with Crippen molar-refractivity contribution in [3.63, 3.8) is 0 Å². The Hall–Kier alpha value is -3.59. The average Bonchev–Trinajstić information content (AvgIpc) is 3.44. The molecule has 16 heteroatoms. The lowest BCUT2D eigenvalue weighted by molar-refractivity contribution is -0.137. The molecule has 1 aliphatic rings. The number of alkyl halides is 1. The number of amides is 3. The van der Waals surface area contributed by atoms with Crippen LogP contribution in [-0.2, 0) is 24.0 Å². The van der Waals surface area contributed by atoms with Crippen molar-refractivity contribution in [3.8, 4) is 0 Å². The van der Waals surface area contributed by atoms with Crippen LogP contribution in [0.1, 0.15) is 29.3 Å². The molecule has 2 aromatic heterocycles. The van der Waals surface area contributed by atoms with Crippen LogP contribution >= 0.6 is 22.9 Å². The molecule has 2 atom stereocenters. The zero-order chi connectivity index (χ0) is 23.3. The number of ether oxygens (including phenoxy) is 1. The highest BCUT2D eigenvalue weighted by Crippen LogP contribution is 2.20. The Bertz CT molecular complexity index is 1070. The highest BCUT2D eigenvalue weighted by atomic mass is 35.5. The van der Waals surface area contributed by atoms with Crippen LogP contribution in [0.15, 0.2) is 16.7 Å². The number of thiazole rings is 1. The van der Waals surface area contributed by atoms with Gasteiger partial charge in [0.15, 0.2) is 22.7 Å². The number of carbonyl (C=O) groups is 4. The first-order valence-corrected chi connectivity index (χ1v) is 10.4. The quantitative estimate of drug-likeness (QED) is 0.136. The van der Waals surface area contributed by atoms with E-state index in [2.05, 4.69) is 36.4 Å². The van der Waals surface area contributed by atoms with Gasteiger partial charge in [0, 0.05) is 5.38 Å². The molecule has 0 unspecified atom stereocenters. The van der Waals surface area contributed by atoms with E-state index in [1.54, 1.807) is 6.92 Å². The second kappa shape index (κ2) is 10.1. The summed E-state index contributed by atoms with van der Waals surface area (Å²) in [6.45, 7) is 1.82. The Morgan fingerprint density at radius 2 is 2.16 bits per heavy atom. The molecule has 2 aromatic rings. The molecule has 3 rings (SSSR count). The van der Waals surface area contributed by atoms with Gasteiger partial charge in [-0.3, -0.25) is 14.4 Å². The van der Waals surface area contributed by atoms with E-state index in [-0.39, 0.29) is 34.7 Å². The number of halogens is 1.